The zero-order valence-electron chi connectivity index (χ0n) is 16.2. The van der Waals surface area contributed by atoms with Crippen LogP contribution in [-0.4, -0.2) is 59.5 Å². The van der Waals surface area contributed by atoms with Gasteiger partial charge in [-0.3, -0.25) is 4.79 Å². The van der Waals surface area contributed by atoms with Crippen LogP contribution >= 0.6 is 0 Å². The molecule has 1 saturated carbocycles. The topological polar surface area (TPSA) is 73.0 Å². The second kappa shape index (κ2) is 8.20. The van der Waals surface area contributed by atoms with E-state index in [4.69, 9.17) is 0 Å². The summed E-state index contributed by atoms with van der Waals surface area (Å²) < 4.78 is 0. The molecule has 0 bridgehead atoms. The summed E-state index contributed by atoms with van der Waals surface area (Å²) in [5.74, 6) is -0.186. The fraction of sp³-hybridized carbons (Fsp3) is 0.571. The van der Waals surface area contributed by atoms with Crippen molar-refractivity contribution in [2.75, 3.05) is 24.5 Å². The molecule has 1 aliphatic carbocycles. The number of nitrogens with zero attached hydrogens (tertiary/aromatic N) is 3. The van der Waals surface area contributed by atoms with Crippen molar-refractivity contribution in [1.82, 2.24) is 15.1 Å². The third-order valence-electron chi connectivity index (χ3n) is 6.13. The van der Waals surface area contributed by atoms with Gasteiger partial charge in [-0.1, -0.05) is 37.5 Å². The van der Waals surface area contributed by atoms with Gasteiger partial charge in [0.1, 0.15) is 6.54 Å². The maximum absolute atomic E-state index is 12.8. The molecule has 2 saturated heterocycles. The third kappa shape index (κ3) is 3.84. The van der Waals surface area contributed by atoms with E-state index in [2.05, 4.69) is 5.32 Å². The Morgan fingerprint density at radius 1 is 0.929 bits per heavy atom. The number of urea groups is 2. The van der Waals surface area contributed by atoms with Crippen LogP contribution in [0.2, 0.25) is 0 Å². The number of carbonyl (C=O) groups excluding carboxylic acids is 3. The summed E-state index contributed by atoms with van der Waals surface area (Å²) in [6.07, 6.45) is 7.20. The average molecular weight is 384 g/mol. The van der Waals surface area contributed by atoms with E-state index in [1.54, 1.807) is 17.0 Å². The van der Waals surface area contributed by atoms with Crippen molar-refractivity contribution < 1.29 is 14.4 Å². The molecule has 0 atom stereocenters. The first-order valence-electron chi connectivity index (χ1n) is 10.4. The monoisotopic (exact) mass is 384 g/mol. The van der Waals surface area contributed by atoms with Crippen LogP contribution in [0.25, 0.3) is 0 Å². The molecule has 28 heavy (non-hydrogen) atoms. The van der Waals surface area contributed by atoms with E-state index in [0.717, 1.165) is 12.8 Å². The van der Waals surface area contributed by atoms with Crippen LogP contribution in [0, 0.1) is 0 Å². The Morgan fingerprint density at radius 2 is 1.61 bits per heavy atom. The number of hydrogen-bond donors (Lipinski definition) is 1. The van der Waals surface area contributed by atoms with E-state index in [1.807, 2.05) is 23.1 Å². The molecule has 2 aliphatic heterocycles. The summed E-state index contributed by atoms with van der Waals surface area (Å²) in [6.45, 7) is 1.35. The lowest BCUT2D eigenvalue weighted by Crippen LogP contribution is -2.52. The standard InChI is InChI=1S/C21H28N4O3/c26-19-15-24(21(28)25(19)18-9-5-2-6-10-18)17-11-13-23(14-12-17)20(27)22-16-7-3-1-4-8-16/h2,5-6,9-10,16-17H,1,3-4,7-8,11-15H2,(H,22,27). The quantitative estimate of drug-likeness (QED) is 0.815. The van der Waals surface area contributed by atoms with Crippen LogP contribution < -0.4 is 10.2 Å². The Hall–Kier alpha value is -2.57. The van der Waals surface area contributed by atoms with Crippen LogP contribution in [0.4, 0.5) is 15.3 Å². The molecule has 1 aromatic rings. The first-order valence-corrected chi connectivity index (χ1v) is 10.4. The van der Waals surface area contributed by atoms with Gasteiger partial charge in [-0.05, 0) is 37.8 Å². The van der Waals surface area contributed by atoms with Crippen LogP contribution in [0.1, 0.15) is 44.9 Å². The number of rotatable bonds is 3. The molecule has 5 amide bonds. The van der Waals surface area contributed by atoms with Crippen molar-refractivity contribution in [3.05, 3.63) is 30.3 Å². The molecular weight excluding hydrogens is 356 g/mol. The highest BCUT2D eigenvalue weighted by Crippen LogP contribution is 2.26. The zero-order valence-corrected chi connectivity index (χ0v) is 16.2. The molecule has 0 radical (unpaired) electrons. The lowest BCUT2D eigenvalue weighted by Gasteiger charge is -2.37. The van der Waals surface area contributed by atoms with Gasteiger partial charge in [0, 0.05) is 25.2 Å². The first-order chi connectivity index (χ1) is 13.6. The molecule has 7 heteroatoms. The van der Waals surface area contributed by atoms with Crippen molar-refractivity contribution in [3.63, 3.8) is 0 Å². The van der Waals surface area contributed by atoms with Crippen LogP contribution in [-0.2, 0) is 4.79 Å². The van der Waals surface area contributed by atoms with Gasteiger partial charge < -0.3 is 15.1 Å². The van der Waals surface area contributed by atoms with Crippen molar-refractivity contribution in [1.29, 1.82) is 0 Å². The molecule has 1 N–H and O–H groups in total. The van der Waals surface area contributed by atoms with Crippen molar-refractivity contribution in [3.8, 4) is 0 Å². The van der Waals surface area contributed by atoms with E-state index in [1.165, 1.54) is 24.2 Å². The number of likely N-dealkylation sites (tertiary alicyclic amines) is 1. The van der Waals surface area contributed by atoms with Gasteiger partial charge in [0.05, 0.1) is 5.69 Å². The number of benzene rings is 1. The Morgan fingerprint density at radius 3 is 2.29 bits per heavy atom. The number of carbonyl (C=O) groups is 3. The highest BCUT2D eigenvalue weighted by atomic mass is 16.2. The molecule has 150 valence electrons. The molecule has 2 heterocycles. The van der Waals surface area contributed by atoms with Gasteiger partial charge in [0.2, 0.25) is 0 Å². The van der Waals surface area contributed by atoms with E-state index in [-0.39, 0.29) is 30.6 Å². The highest BCUT2D eigenvalue weighted by Gasteiger charge is 2.41. The fourth-order valence-electron chi connectivity index (χ4n) is 4.53. The van der Waals surface area contributed by atoms with E-state index < -0.39 is 0 Å². The molecule has 3 fully saturated rings. The van der Waals surface area contributed by atoms with Gasteiger partial charge in [-0.2, -0.15) is 0 Å². The minimum absolute atomic E-state index is 0.00360. The Balaban J connectivity index is 1.32. The number of piperidine rings is 1. The highest BCUT2D eigenvalue weighted by molar-refractivity contribution is 6.19. The predicted octanol–water partition coefficient (Wildman–Crippen LogP) is 2.96. The SMILES string of the molecule is O=C(NC1CCCCC1)N1CCC(N2CC(=O)N(c3ccccc3)C2=O)CC1. The van der Waals surface area contributed by atoms with Crippen LogP contribution in [0.3, 0.4) is 0 Å². The molecule has 1 aromatic carbocycles. The van der Waals surface area contributed by atoms with E-state index >= 15 is 0 Å². The van der Waals surface area contributed by atoms with E-state index in [9.17, 15) is 14.4 Å². The molecule has 0 unspecified atom stereocenters. The van der Waals surface area contributed by atoms with Gasteiger partial charge in [0.25, 0.3) is 5.91 Å². The van der Waals surface area contributed by atoms with Crippen LogP contribution in [0.15, 0.2) is 30.3 Å². The number of para-hydroxylation sites is 1. The predicted molar refractivity (Wildman–Crippen MR) is 106 cm³/mol. The maximum Gasteiger partial charge on any atom is 0.332 e. The van der Waals surface area contributed by atoms with Gasteiger partial charge in [-0.15, -0.1) is 0 Å². The molecular formula is C21H28N4O3. The summed E-state index contributed by atoms with van der Waals surface area (Å²) in [6, 6.07) is 9.13. The smallest absolute Gasteiger partial charge is 0.332 e. The zero-order chi connectivity index (χ0) is 19.5. The van der Waals surface area contributed by atoms with Crippen molar-refractivity contribution >= 4 is 23.7 Å². The number of amides is 5. The summed E-state index contributed by atoms with van der Waals surface area (Å²) in [7, 11) is 0. The molecule has 0 spiro atoms. The number of imide groups is 1. The number of hydrogen-bond acceptors (Lipinski definition) is 3. The number of nitrogens with one attached hydrogen (secondary N) is 1. The van der Waals surface area contributed by atoms with Crippen molar-refractivity contribution in [2.45, 2.75) is 57.0 Å². The lowest BCUT2D eigenvalue weighted by molar-refractivity contribution is -0.116. The second-order valence-electron chi connectivity index (χ2n) is 7.98. The largest absolute Gasteiger partial charge is 0.335 e. The molecule has 4 rings (SSSR count). The van der Waals surface area contributed by atoms with Crippen molar-refractivity contribution in [2.24, 2.45) is 0 Å². The third-order valence-corrected chi connectivity index (χ3v) is 6.13. The first kappa shape index (κ1) is 18.8. The van der Waals surface area contributed by atoms with Gasteiger partial charge >= 0.3 is 12.1 Å². The average Bonchev–Trinajstić information content (AvgIpc) is 3.03. The van der Waals surface area contributed by atoms with Gasteiger partial charge in [0.15, 0.2) is 0 Å². The summed E-state index contributed by atoms with van der Waals surface area (Å²) in [4.78, 5) is 42.6. The summed E-state index contributed by atoms with van der Waals surface area (Å²) >= 11 is 0. The molecule has 0 aromatic heterocycles. The second-order valence-corrected chi connectivity index (χ2v) is 7.98. The Labute approximate surface area is 165 Å². The van der Waals surface area contributed by atoms with Crippen LogP contribution in [0.5, 0.6) is 0 Å². The molecule has 7 nitrogen and oxygen atoms in total. The number of anilines is 1. The summed E-state index contributed by atoms with van der Waals surface area (Å²) in [5.41, 5.74) is 0.615. The summed E-state index contributed by atoms with van der Waals surface area (Å²) in [5, 5.41) is 3.16. The van der Waals surface area contributed by atoms with Gasteiger partial charge in [-0.25, -0.2) is 14.5 Å². The van der Waals surface area contributed by atoms with E-state index in [0.29, 0.717) is 37.7 Å². The Bertz CT molecular complexity index is 724. The Kier molecular flexibility index (Phi) is 5.50. The normalized spacial score (nSPS) is 22.1. The minimum atomic E-state index is -0.249. The molecule has 3 aliphatic rings. The minimum Gasteiger partial charge on any atom is -0.335 e. The maximum atomic E-state index is 12.8. The fourth-order valence-corrected chi connectivity index (χ4v) is 4.53. The lowest BCUT2D eigenvalue weighted by atomic mass is 9.95.